The van der Waals surface area contributed by atoms with E-state index >= 15 is 0 Å². The summed E-state index contributed by atoms with van der Waals surface area (Å²) in [5.74, 6) is 0.292. The first-order chi connectivity index (χ1) is 15.0. The van der Waals surface area contributed by atoms with E-state index in [1.807, 2.05) is 38.1 Å². The molecule has 1 amide bonds. The molecule has 0 radical (unpaired) electrons. The Balaban J connectivity index is 1.82. The quantitative estimate of drug-likeness (QED) is 0.567. The van der Waals surface area contributed by atoms with Crippen molar-refractivity contribution in [2.24, 2.45) is 0 Å². The van der Waals surface area contributed by atoms with Gasteiger partial charge in [-0.2, -0.15) is 0 Å². The molecule has 31 heavy (non-hydrogen) atoms. The molecule has 0 unspecified atom stereocenters. The molecule has 0 fully saturated rings. The first-order valence-electron chi connectivity index (χ1n) is 10.5. The second kappa shape index (κ2) is 8.68. The Kier molecular flexibility index (Phi) is 5.80. The zero-order valence-electron chi connectivity index (χ0n) is 17.7. The Hall–Kier alpha value is -3.54. The van der Waals surface area contributed by atoms with Crippen LogP contribution in [0.2, 0.25) is 0 Å². The number of ether oxygens (including phenoxy) is 2. The van der Waals surface area contributed by atoms with Gasteiger partial charge in [-0.15, -0.1) is 0 Å². The molecule has 4 rings (SSSR count). The van der Waals surface area contributed by atoms with Gasteiger partial charge in [0.25, 0.3) is 5.91 Å². The van der Waals surface area contributed by atoms with Gasteiger partial charge >= 0.3 is 5.97 Å². The molecule has 1 aliphatic heterocycles. The number of amides is 1. The van der Waals surface area contributed by atoms with Crippen molar-refractivity contribution >= 4 is 28.3 Å². The maximum atomic E-state index is 13.5. The number of aliphatic carboxylic acids is 1. The number of fused-ring (bicyclic) bond motifs is 2. The summed E-state index contributed by atoms with van der Waals surface area (Å²) in [5, 5.41) is 10.8. The van der Waals surface area contributed by atoms with E-state index in [9.17, 15) is 9.59 Å². The van der Waals surface area contributed by atoms with Crippen molar-refractivity contribution in [1.82, 2.24) is 0 Å². The molecule has 1 aliphatic rings. The molecule has 0 saturated carbocycles. The second-order valence-electron chi connectivity index (χ2n) is 7.47. The first-order valence-corrected chi connectivity index (χ1v) is 10.5. The zero-order valence-corrected chi connectivity index (χ0v) is 17.7. The number of carboxylic acid groups (broad SMARTS) is 1. The third-order valence-corrected chi connectivity index (χ3v) is 5.34. The van der Waals surface area contributed by atoms with E-state index in [1.54, 1.807) is 29.2 Å². The Labute approximate surface area is 181 Å². The molecular formula is C25H25NO5. The highest BCUT2D eigenvalue weighted by Crippen LogP contribution is 2.46. The lowest BCUT2D eigenvalue weighted by molar-refractivity contribution is -0.136. The maximum absolute atomic E-state index is 13.5. The van der Waals surface area contributed by atoms with Gasteiger partial charge in [0, 0.05) is 22.0 Å². The van der Waals surface area contributed by atoms with Gasteiger partial charge < -0.3 is 19.5 Å². The Bertz CT molecular complexity index is 1140. The number of hydrogen-bond acceptors (Lipinski definition) is 4. The molecule has 1 heterocycles. The highest BCUT2D eigenvalue weighted by molar-refractivity contribution is 6.16. The summed E-state index contributed by atoms with van der Waals surface area (Å²) in [4.78, 5) is 26.2. The lowest BCUT2D eigenvalue weighted by Gasteiger charge is -2.17. The normalized spacial score (nSPS) is 12.8. The first kappa shape index (κ1) is 20.7. The minimum Gasteiger partial charge on any atom is -0.493 e. The topological polar surface area (TPSA) is 76.1 Å². The van der Waals surface area contributed by atoms with Crippen LogP contribution in [-0.4, -0.2) is 30.2 Å². The van der Waals surface area contributed by atoms with E-state index in [0.29, 0.717) is 42.3 Å². The average Bonchev–Trinajstić information content (AvgIpc) is 3.10. The number of carboxylic acids is 1. The number of benzene rings is 3. The van der Waals surface area contributed by atoms with Gasteiger partial charge in [-0.25, -0.2) is 0 Å². The van der Waals surface area contributed by atoms with Crippen LogP contribution in [0.25, 0.3) is 10.8 Å². The van der Waals surface area contributed by atoms with Crippen molar-refractivity contribution in [1.29, 1.82) is 0 Å². The average molecular weight is 419 g/mol. The maximum Gasteiger partial charge on any atom is 0.307 e. The summed E-state index contributed by atoms with van der Waals surface area (Å²) in [6.45, 7) is 5.33. The number of carbonyl (C=O) groups is 2. The van der Waals surface area contributed by atoms with Crippen LogP contribution in [0.1, 0.15) is 41.8 Å². The van der Waals surface area contributed by atoms with Crippen LogP contribution in [0, 0.1) is 0 Å². The highest BCUT2D eigenvalue weighted by Gasteiger charge is 2.36. The van der Waals surface area contributed by atoms with Gasteiger partial charge in [-0.05, 0) is 31.0 Å². The minimum absolute atomic E-state index is 0.0522. The van der Waals surface area contributed by atoms with E-state index < -0.39 is 5.97 Å². The van der Waals surface area contributed by atoms with Crippen LogP contribution in [0.15, 0.2) is 48.5 Å². The smallest absolute Gasteiger partial charge is 0.307 e. The summed E-state index contributed by atoms with van der Waals surface area (Å²) in [7, 11) is 0. The molecular weight excluding hydrogens is 394 g/mol. The number of nitrogens with zero attached hydrogens (tertiary/aromatic N) is 1. The summed E-state index contributed by atoms with van der Waals surface area (Å²) in [6.07, 6.45) is 0.808. The van der Waals surface area contributed by atoms with Crippen LogP contribution < -0.4 is 14.4 Å². The number of anilines is 1. The molecule has 3 aromatic carbocycles. The van der Waals surface area contributed by atoms with Gasteiger partial charge in [-0.1, -0.05) is 43.3 Å². The van der Waals surface area contributed by atoms with E-state index in [1.165, 1.54) is 0 Å². The SMILES string of the molecule is CCCOc1c2c(c(OCC)c3ccccc13)C(=O)N(c1ccc(CC(=O)O)cc1)C2. The Morgan fingerprint density at radius 3 is 2.29 bits per heavy atom. The number of carbonyl (C=O) groups excluding carboxylic acids is 1. The van der Waals surface area contributed by atoms with Gasteiger partial charge in [0.2, 0.25) is 0 Å². The van der Waals surface area contributed by atoms with Crippen molar-refractivity contribution in [3.8, 4) is 11.5 Å². The van der Waals surface area contributed by atoms with E-state index in [-0.39, 0.29) is 12.3 Å². The van der Waals surface area contributed by atoms with Gasteiger partial charge in [-0.3, -0.25) is 9.59 Å². The summed E-state index contributed by atoms with van der Waals surface area (Å²) >= 11 is 0. The molecule has 6 nitrogen and oxygen atoms in total. The largest absolute Gasteiger partial charge is 0.493 e. The number of hydrogen-bond donors (Lipinski definition) is 1. The van der Waals surface area contributed by atoms with Crippen LogP contribution >= 0.6 is 0 Å². The zero-order chi connectivity index (χ0) is 22.0. The van der Waals surface area contributed by atoms with Crippen molar-refractivity contribution in [2.75, 3.05) is 18.1 Å². The Morgan fingerprint density at radius 2 is 1.68 bits per heavy atom. The van der Waals surface area contributed by atoms with Gasteiger partial charge in [0.1, 0.15) is 11.5 Å². The summed E-state index contributed by atoms with van der Waals surface area (Å²) in [6, 6.07) is 14.9. The standard InChI is InChI=1S/C25H25NO5/c1-3-13-31-23-18-7-5-6-8-19(18)24(30-4-2)22-20(23)15-26(25(22)29)17-11-9-16(10-12-17)14-21(27)28/h5-12H,3-4,13-15H2,1-2H3,(H,27,28). The Morgan fingerprint density at radius 1 is 1.00 bits per heavy atom. The third kappa shape index (κ3) is 3.81. The van der Waals surface area contributed by atoms with Crippen LogP contribution in [0.3, 0.4) is 0 Å². The van der Waals surface area contributed by atoms with Crippen LogP contribution in [-0.2, 0) is 17.8 Å². The lowest BCUT2D eigenvalue weighted by atomic mass is 9.99. The monoisotopic (exact) mass is 419 g/mol. The van der Waals surface area contributed by atoms with Gasteiger partial charge in [0.15, 0.2) is 0 Å². The minimum atomic E-state index is -0.886. The fourth-order valence-electron chi connectivity index (χ4n) is 4.01. The van der Waals surface area contributed by atoms with E-state index in [0.717, 1.165) is 28.5 Å². The van der Waals surface area contributed by atoms with Crippen molar-refractivity contribution in [3.63, 3.8) is 0 Å². The summed E-state index contributed by atoms with van der Waals surface area (Å²) < 4.78 is 12.1. The van der Waals surface area contributed by atoms with Crippen molar-refractivity contribution in [3.05, 3.63) is 65.2 Å². The molecule has 0 aliphatic carbocycles. The predicted octanol–water partition coefficient (Wildman–Crippen LogP) is 4.81. The summed E-state index contributed by atoms with van der Waals surface area (Å²) in [5.41, 5.74) is 2.77. The molecule has 3 aromatic rings. The van der Waals surface area contributed by atoms with Crippen LogP contribution in [0.4, 0.5) is 5.69 Å². The fraction of sp³-hybridized carbons (Fsp3) is 0.280. The fourth-order valence-corrected chi connectivity index (χ4v) is 4.01. The molecule has 1 N–H and O–H groups in total. The van der Waals surface area contributed by atoms with Crippen LogP contribution in [0.5, 0.6) is 11.5 Å². The molecule has 160 valence electrons. The molecule has 0 aromatic heterocycles. The molecule has 6 heteroatoms. The molecule has 0 bridgehead atoms. The van der Waals surface area contributed by atoms with E-state index in [2.05, 4.69) is 0 Å². The van der Waals surface area contributed by atoms with Crippen molar-refractivity contribution < 1.29 is 24.2 Å². The molecule has 0 atom stereocenters. The predicted molar refractivity (Wildman–Crippen MR) is 119 cm³/mol. The van der Waals surface area contributed by atoms with Crippen molar-refractivity contribution in [2.45, 2.75) is 33.2 Å². The van der Waals surface area contributed by atoms with Gasteiger partial charge in [0.05, 0.1) is 31.7 Å². The number of rotatable bonds is 8. The molecule has 0 spiro atoms. The third-order valence-electron chi connectivity index (χ3n) is 5.34. The molecule has 0 saturated heterocycles. The second-order valence-corrected chi connectivity index (χ2v) is 7.47. The lowest BCUT2D eigenvalue weighted by Crippen LogP contribution is -2.23. The highest BCUT2D eigenvalue weighted by atomic mass is 16.5. The van der Waals surface area contributed by atoms with E-state index in [4.69, 9.17) is 14.6 Å².